The molecule has 1 aromatic carbocycles. The maximum atomic E-state index is 13.0. The quantitative estimate of drug-likeness (QED) is 0.878. The van der Waals surface area contributed by atoms with Gasteiger partial charge in [-0.2, -0.15) is 0 Å². The predicted octanol–water partition coefficient (Wildman–Crippen LogP) is 2.28. The third-order valence-corrected chi connectivity index (χ3v) is 3.04. The maximum absolute atomic E-state index is 13.0. The fourth-order valence-corrected chi connectivity index (χ4v) is 1.96. The van der Waals surface area contributed by atoms with Crippen molar-refractivity contribution in [2.45, 2.75) is 13.3 Å². The fourth-order valence-electron chi connectivity index (χ4n) is 1.96. The molecule has 1 aromatic heterocycles. The Morgan fingerprint density at radius 3 is 2.85 bits per heavy atom. The molecule has 5 heteroatoms. The van der Waals surface area contributed by atoms with E-state index in [2.05, 4.69) is 10.3 Å². The smallest absolute Gasteiger partial charge is 0.267 e. The van der Waals surface area contributed by atoms with Crippen molar-refractivity contribution in [3.05, 3.63) is 59.2 Å². The minimum Gasteiger partial charge on any atom is -0.385 e. The summed E-state index contributed by atoms with van der Waals surface area (Å²) >= 11 is 0. The lowest BCUT2D eigenvalue weighted by Crippen LogP contribution is -2.14. The normalized spacial score (nSPS) is 10.3. The van der Waals surface area contributed by atoms with Crippen LogP contribution in [0.1, 0.15) is 21.6 Å². The molecule has 0 aliphatic rings. The summed E-state index contributed by atoms with van der Waals surface area (Å²) in [6.45, 7) is 2.56. The minimum atomic E-state index is -0.553. The fraction of sp³-hybridized carbons (Fsp3) is 0.200. The van der Waals surface area contributed by atoms with Gasteiger partial charge in [-0.3, -0.25) is 9.78 Å². The average molecular weight is 273 g/mol. The van der Waals surface area contributed by atoms with Crippen LogP contribution in [-0.2, 0) is 6.42 Å². The van der Waals surface area contributed by atoms with Crippen molar-refractivity contribution < 1.29 is 9.18 Å². The number of pyridine rings is 1. The molecule has 2 rings (SSSR count). The van der Waals surface area contributed by atoms with E-state index in [9.17, 15) is 9.18 Å². The molecule has 1 amide bonds. The van der Waals surface area contributed by atoms with Crippen LogP contribution in [0.25, 0.3) is 0 Å². The van der Waals surface area contributed by atoms with Gasteiger partial charge in [-0.15, -0.1) is 0 Å². The van der Waals surface area contributed by atoms with E-state index in [0.29, 0.717) is 6.54 Å². The molecule has 0 aliphatic carbocycles. The standard InChI is InChI=1S/C15H16FN3O/c1-10-8-12(16)3-2-11(10)4-6-18-13-5-7-19-14(9-13)15(17)20/h2-3,5,7-9H,4,6H2,1H3,(H2,17,20)(H,18,19). The third kappa shape index (κ3) is 3.54. The molecular weight excluding hydrogens is 257 g/mol. The molecule has 0 saturated heterocycles. The highest BCUT2D eigenvalue weighted by atomic mass is 19.1. The molecule has 1 heterocycles. The summed E-state index contributed by atoms with van der Waals surface area (Å²) < 4.78 is 13.0. The summed E-state index contributed by atoms with van der Waals surface area (Å²) in [5, 5.41) is 3.19. The van der Waals surface area contributed by atoms with Gasteiger partial charge in [0.05, 0.1) is 0 Å². The van der Waals surface area contributed by atoms with Crippen LogP contribution in [0.2, 0.25) is 0 Å². The van der Waals surface area contributed by atoms with Crippen molar-refractivity contribution in [2.24, 2.45) is 5.73 Å². The van der Waals surface area contributed by atoms with Crippen LogP contribution < -0.4 is 11.1 Å². The van der Waals surface area contributed by atoms with Gasteiger partial charge in [-0.25, -0.2) is 4.39 Å². The topological polar surface area (TPSA) is 68.0 Å². The molecule has 4 nitrogen and oxygen atoms in total. The Kier molecular flexibility index (Phi) is 4.30. The number of carbonyl (C=O) groups excluding carboxylic acids is 1. The first-order chi connectivity index (χ1) is 9.56. The van der Waals surface area contributed by atoms with Crippen molar-refractivity contribution in [2.75, 3.05) is 11.9 Å². The van der Waals surface area contributed by atoms with Crippen LogP contribution in [0.4, 0.5) is 10.1 Å². The number of amides is 1. The van der Waals surface area contributed by atoms with Gasteiger partial charge in [0, 0.05) is 18.4 Å². The second-order valence-electron chi connectivity index (χ2n) is 4.54. The van der Waals surface area contributed by atoms with Crippen molar-refractivity contribution >= 4 is 11.6 Å². The van der Waals surface area contributed by atoms with Gasteiger partial charge in [-0.1, -0.05) is 6.07 Å². The van der Waals surface area contributed by atoms with Gasteiger partial charge >= 0.3 is 0 Å². The van der Waals surface area contributed by atoms with E-state index in [4.69, 9.17) is 5.73 Å². The molecule has 0 aliphatic heterocycles. The lowest BCUT2D eigenvalue weighted by molar-refractivity contribution is 0.0995. The first-order valence-electron chi connectivity index (χ1n) is 6.31. The first-order valence-corrected chi connectivity index (χ1v) is 6.31. The van der Waals surface area contributed by atoms with Gasteiger partial charge < -0.3 is 11.1 Å². The summed E-state index contributed by atoms with van der Waals surface area (Å²) in [6, 6.07) is 8.14. The molecule has 104 valence electrons. The average Bonchev–Trinajstić information content (AvgIpc) is 2.41. The zero-order chi connectivity index (χ0) is 14.5. The molecule has 0 spiro atoms. The molecule has 0 radical (unpaired) electrons. The zero-order valence-corrected chi connectivity index (χ0v) is 11.2. The lowest BCUT2D eigenvalue weighted by Gasteiger charge is -2.09. The number of carbonyl (C=O) groups is 1. The molecule has 0 unspecified atom stereocenters. The van der Waals surface area contributed by atoms with E-state index in [0.717, 1.165) is 23.2 Å². The predicted molar refractivity (Wildman–Crippen MR) is 76.1 cm³/mol. The van der Waals surface area contributed by atoms with Gasteiger partial charge in [0.15, 0.2) is 0 Å². The van der Waals surface area contributed by atoms with Gasteiger partial charge in [0.2, 0.25) is 0 Å². The molecule has 0 fully saturated rings. The Hall–Kier alpha value is -2.43. The van der Waals surface area contributed by atoms with E-state index < -0.39 is 5.91 Å². The number of hydrogen-bond acceptors (Lipinski definition) is 3. The number of halogens is 1. The Bertz CT molecular complexity index is 628. The number of nitrogens with one attached hydrogen (secondary N) is 1. The third-order valence-electron chi connectivity index (χ3n) is 3.04. The van der Waals surface area contributed by atoms with E-state index in [-0.39, 0.29) is 11.5 Å². The molecule has 0 bridgehead atoms. The maximum Gasteiger partial charge on any atom is 0.267 e. The Labute approximate surface area is 116 Å². The summed E-state index contributed by atoms with van der Waals surface area (Å²) in [6.07, 6.45) is 2.30. The number of aryl methyl sites for hydroxylation is 1. The number of nitrogens with two attached hydrogens (primary N) is 1. The Balaban J connectivity index is 1.96. The summed E-state index contributed by atoms with van der Waals surface area (Å²) in [7, 11) is 0. The van der Waals surface area contributed by atoms with E-state index in [1.165, 1.54) is 18.3 Å². The second kappa shape index (κ2) is 6.14. The molecule has 0 atom stereocenters. The van der Waals surface area contributed by atoms with E-state index in [1.54, 1.807) is 18.2 Å². The van der Waals surface area contributed by atoms with Gasteiger partial charge in [-0.05, 0) is 48.7 Å². The molecule has 3 N–H and O–H groups in total. The van der Waals surface area contributed by atoms with E-state index >= 15 is 0 Å². The summed E-state index contributed by atoms with van der Waals surface area (Å²) in [5.41, 5.74) is 8.20. The van der Waals surface area contributed by atoms with Crippen molar-refractivity contribution in [1.29, 1.82) is 0 Å². The minimum absolute atomic E-state index is 0.223. The number of primary amides is 1. The van der Waals surface area contributed by atoms with Crippen LogP contribution >= 0.6 is 0 Å². The van der Waals surface area contributed by atoms with Crippen LogP contribution in [0.5, 0.6) is 0 Å². The van der Waals surface area contributed by atoms with Gasteiger partial charge in [0.25, 0.3) is 5.91 Å². The SMILES string of the molecule is Cc1cc(F)ccc1CCNc1ccnc(C(N)=O)c1. The van der Waals surface area contributed by atoms with E-state index in [1.807, 2.05) is 6.92 Å². The highest BCUT2D eigenvalue weighted by molar-refractivity contribution is 5.91. The second-order valence-corrected chi connectivity index (χ2v) is 4.54. The Morgan fingerprint density at radius 1 is 1.35 bits per heavy atom. The Morgan fingerprint density at radius 2 is 2.15 bits per heavy atom. The molecular formula is C15H16FN3O. The largest absolute Gasteiger partial charge is 0.385 e. The number of hydrogen-bond donors (Lipinski definition) is 2. The number of rotatable bonds is 5. The number of nitrogens with zero attached hydrogens (tertiary/aromatic N) is 1. The number of anilines is 1. The molecule has 20 heavy (non-hydrogen) atoms. The van der Waals surface area contributed by atoms with Crippen molar-refractivity contribution in [1.82, 2.24) is 4.98 Å². The summed E-state index contributed by atoms with van der Waals surface area (Å²) in [4.78, 5) is 14.9. The van der Waals surface area contributed by atoms with Gasteiger partial charge in [0.1, 0.15) is 11.5 Å². The number of benzene rings is 1. The monoisotopic (exact) mass is 273 g/mol. The van der Waals surface area contributed by atoms with Crippen molar-refractivity contribution in [3.8, 4) is 0 Å². The zero-order valence-electron chi connectivity index (χ0n) is 11.2. The van der Waals surface area contributed by atoms with Crippen molar-refractivity contribution in [3.63, 3.8) is 0 Å². The molecule has 0 saturated carbocycles. The highest BCUT2D eigenvalue weighted by Gasteiger charge is 2.03. The van der Waals surface area contributed by atoms with Crippen LogP contribution in [-0.4, -0.2) is 17.4 Å². The van der Waals surface area contributed by atoms with Crippen LogP contribution in [0.15, 0.2) is 36.5 Å². The highest BCUT2D eigenvalue weighted by Crippen LogP contribution is 2.12. The summed E-state index contributed by atoms with van der Waals surface area (Å²) in [5.74, 6) is -0.775. The van der Waals surface area contributed by atoms with Crippen LogP contribution in [0, 0.1) is 12.7 Å². The number of aromatic nitrogens is 1. The lowest BCUT2D eigenvalue weighted by atomic mass is 10.1. The van der Waals surface area contributed by atoms with Crippen LogP contribution in [0.3, 0.4) is 0 Å². The molecule has 2 aromatic rings. The first kappa shape index (κ1) is 14.0.